The van der Waals surface area contributed by atoms with Gasteiger partial charge in [0.25, 0.3) is 5.91 Å². The monoisotopic (exact) mass is 296 g/mol. The lowest BCUT2D eigenvalue weighted by molar-refractivity contribution is 0.0956. The number of rotatable bonds is 5. The number of nitrogens with zero attached hydrogens (tertiary/aromatic N) is 1. The number of carbonyl (C=O) groups is 1. The predicted octanol–water partition coefficient (Wildman–Crippen LogP) is 3.63. The number of aromatic nitrogens is 1. The summed E-state index contributed by atoms with van der Waals surface area (Å²) in [4.78, 5) is 12.6. The maximum absolute atomic E-state index is 12.6. The van der Waals surface area contributed by atoms with E-state index in [1.54, 1.807) is 7.11 Å². The third kappa shape index (κ3) is 2.41. The Kier molecular flexibility index (Phi) is 4.00. The number of para-hydroxylation sites is 1. The van der Waals surface area contributed by atoms with Crippen molar-refractivity contribution >= 4 is 22.3 Å². The van der Waals surface area contributed by atoms with E-state index in [2.05, 4.69) is 12.2 Å². The molecule has 0 radical (unpaired) electrons. The van der Waals surface area contributed by atoms with Gasteiger partial charge < -0.3 is 14.5 Å². The Morgan fingerprint density at radius 1 is 1.18 bits per heavy atom. The van der Waals surface area contributed by atoms with Gasteiger partial charge in [-0.15, -0.1) is 0 Å². The zero-order valence-electron chi connectivity index (χ0n) is 12.9. The number of nitrogens with one attached hydrogen (secondary N) is 1. The second-order valence-corrected chi connectivity index (χ2v) is 5.33. The second kappa shape index (κ2) is 6.10. The molecule has 1 aromatic carbocycles. The van der Waals surface area contributed by atoms with Gasteiger partial charge in [-0.1, -0.05) is 31.5 Å². The zero-order chi connectivity index (χ0) is 15.5. The fourth-order valence-electron chi connectivity index (χ4n) is 2.74. The van der Waals surface area contributed by atoms with Crippen molar-refractivity contribution < 1.29 is 9.53 Å². The first-order valence-corrected chi connectivity index (χ1v) is 7.61. The Hall–Kier alpha value is -2.49. The Morgan fingerprint density at radius 3 is 2.77 bits per heavy atom. The van der Waals surface area contributed by atoms with Gasteiger partial charge in [-0.25, -0.2) is 0 Å². The van der Waals surface area contributed by atoms with E-state index in [9.17, 15) is 4.79 Å². The molecular formula is C18H20N2O2. The number of unbranched alkanes of at least 4 members (excludes halogenated alkanes) is 1. The summed E-state index contributed by atoms with van der Waals surface area (Å²) in [5.41, 5.74) is 2.64. The molecule has 4 heteroatoms. The minimum Gasteiger partial charge on any atom is -0.495 e. The van der Waals surface area contributed by atoms with Crippen LogP contribution in [0.15, 0.2) is 42.6 Å². The third-order valence-corrected chi connectivity index (χ3v) is 3.89. The normalized spacial score (nSPS) is 11.0. The molecule has 0 saturated heterocycles. The molecule has 2 heterocycles. The van der Waals surface area contributed by atoms with Gasteiger partial charge in [-0.05, 0) is 24.6 Å². The number of carbonyl (C=O) groups excluding carboxylic acids is 1. The van der Waals surface area contributed by atoms with E-state index in [1.165, 1.54) is 0 Å². The molecule has 1 amide bonds. The van der Waals surface area contributed by atoms with Crippen LogP contribution in [0.1, 0.15) is 30.1 Å². The Bertz CT molecular complexity index is 820. The fourth-order valence-corrected chi connectivity index (χ4v) is 2.74. The molecule has 0 fully saturated rings. The summed E-state index contributed by atoms with van der Waals surface area (Å²) in [7, 11) is 1.64. The average molecular weight is 296 g/mol. The van der Waals surface area contributed by atoms with Crippen LogP contribution >= 0.6 is 0 Å². The number of pyridine rings is 1. The van der Waals surface area contributed by atoms with Crippen LogP contribution in [-0.4, -0.2) is 24.0 Å². The molecule has 0 aliphatic rings. The van der Waals surface area contributed by atoms with Crippen molar-refractivity contribution in [3.05, 3.63) is 48.2 Å². The smallest absolute Gasteiger partial charge is 0.254 e. The molecule has 22 heavy (non-hydrogen) atoms. The molecule has 0 spiro atoms. The lowest BCUT2D eigenvalue weighted by Gasteiger charge is -2.05. The van der Waals surface area contributed by atoms with Crippen LogP contribution in [0.2, 0.25) is 0 Å². The SMILES string of the molecule is CCCCNC(=O)c1c2ccccc2n2cc(OC)ccc12. The van der Waals surface area contributed by atoms with Crippen LogP contribution in [0.3, 0.4) is 0 Å². The van der Waals surface area contributed by atoms with Crippen molar-refractivity contribution in [1.82, 2.24) is 9.72 Å². The molecule has 0 aliphatic carbocycles. The number of ether oxygens (including phenoxy) is 1. The molecule has 3 rings (SSSR count). The average Bonchev–Trinajstić information content (AvgIpc) is 2.88. The van der Waals surface area contributed by atoms with Crippen molar-refractivity contribution in [2.75, 3.05) is 13.7 Å². The summed E-state index contributed by atoms with van der Waals surface area (Å²) in [6, 6.07) is 11.8. The highest BCUT2D eigenvalue weighted by Gasteiger charge is 2.17. The van der Waals surface area contributed by atoms with Gasteiger partial charge in [0, 0.05) is 11.9 Å². The first kappa shape index (κ1) is 14.4. The summed E-state index contributed by atoms with van der Waals surface area (Å²) in [5, 5.41) is 3.98. The molecule has 0 atom stereocenters. The Morgan fingerprint density at radius 2 is 2.00 bits per heavy atom. The number of benzene rings is 1. The molecular weight excluding hydrogens is 276 g/mol. The summed E-state index contributed by atoms with van der Waals surface area (Å²) in [6.07, 6.45) is 3.97. The van der Waals surface area contributed by atoms with Crippen molar-refractivity contribution in [1.29, 1.82) is 0 Å². The highest BCUT2D eigenvalue weighted by Crippen LogP contribution is 2.28. The summed E-state index contributed by atoms with van der Waals surface area (Å²) in [5.74, 6) is 0.753. The third-order valence-electron chi connectivity index (χ3n) is 3.89. The largest absolute Gasteiger partial charge is 0.495 e. The zero-order valence-corrected chi connectivity index (χ0v) is 12.9. The maximum Gasteiger partial charge on any atom is 0.254 e. The van der Waals surface area contributed by atoms with Gasteiger partial charge in [0.2, 0.25) is 0 Å². The number of amides is 1. The van der Waals surface area contributed by atoms with Gasteiger partial charge in [-0.3, -0.25) is 4.79 Å². The minimum absolute atomic E-state index is 0.0164. The van der Waals surface area contributed by atoms with Crippen LogP contribution in [0.4, 0.5) is 0 Å². The van der Waals surface area contributed by atoms with Gasteiger partial charge in [0.05, 0.1) is 29.9 Å². The number of fused-ring (bicyclic) bond motifs is 3. The Balaban J connectivity index is 2.16. The summed E-state index contributed by atoms with van der Waals surface area (Å²) < 4.78 is 7.32. The number of hydrogen-bond donors (Lipinski definition) is 1. The molecule has 0 bridgehead atoms. The van der Waals surface area contributed by atoms with Gasteiger partial charge >= 0.3 is 0 Å². The van der Waals surface area contributed by atoms with Gasteiger partial charge in [-0.2, -0.15) is 0 Å². The standard InChI is InChI=1S/C18H20N2O2/c1-3-4-11-19-18(21)17-14-7-5-6-8-15(14)20-12-13(22-2)9-10-16(17)20/h5-10,12H,3-4,11H2,1-2H3,(H,19,21). The van der Waals surface area contributed by atoms with Crippen LogP contribution in [-0.2, 0) is 0 Å². The lowest BCUT2D eigenvalue weighted by atomic mass is 10.1. The molecule has 1 N–H and O–H groups in total. The second-order valence-electron chi connectivity index (χ2n) is 5.33. The molecule has 4 nitrogen and oxygen atoms in total. The van der Waals surface area contributed by atoms with Gasteiger partial charge in [0.1, 0.15) is 5.75 Å². The van der Waals surface area contributed by atoms with Crippen molar-refractivity contribution in [2.24, 2.45) is 0 Å². The van der Waals surface area contributed by atoms with E-state index >= 15 is 0 Å². The highest BCUT2D eigenvalue weighted by atomic mass is 16.5. The van der Waals surface area contributed by atoms with E-state index in [1.807, 2.05) is 47.0 Å². The van der Waals surface area contributed by atoms with E-state index in [-0.39, 0.29) is 5.91 Å². The van der Waals surface area contributed by atoms with Crippen molar-refractivity contribution in [3.63, 3.8) is 0 Å². The molecule has 0 aliphatic heterocycles. The minimum atomic E-state index is -0.0164. The van der Waals surface area contributed by atoms with Crippen molar-refractivity contribution in [2.45, 2.75) is 19.8 Å². The van der Waals surface area contributed by atoms with E-state index in [0.29, 0.717) is 6.54 Å². The summed E-state index contributed by atoms with van der Waals surface area (Å²) in [6.45, 7) is 2.82. The van der Waals surface area contributed by atoms with E-state index in [4.69, 9.17) is 4.74 Å². The molecule has 3 aromatic rings. The maximum atomic E-state index is 12.6. The lowest BCUT2D eigenvalue weighted by Crippen LogP contribution is -2.24. The van der Waals surface area contributed by atoms with Crippen LogP contribution < -0.4 is 10.1 Å². The molecule has 114 valence electrons. The van der Waals surface area contributed by atoms with Gasteiger partial charge in [0.15, 0.2) is 0 Å². The quantitative estimate of drug-likeness (QED) is 0.731. The van der Waals surface area contributed by atoms with E-state index < -0.39 is 0 Å². The van der Waals surface area contributed by atoms with Crippen LogP contribution in [0, 0.1) is 0 Å². The molecule has 0 saturated carbocycles. The fraction of sp³-hybridized carbons (Fsp3) is 0.278. The molecule has 0 unspecified atom stereocenters. The predicted molar refractivity (Wildman–Crippen MR) is 88.7 cm³/mol. The summed E-state index contributed by atoms with van der Waals surface area (Å²) >= 11 is 0. The van der Waals surface area contributed by atoms with Crippen LogP contribution in [0.5, 0.6) is 5.75 Å². The first-order chi connectivity index (χ1) is 10.8. The van der Waals surface area contributed by atoms with E-state index in [0.717, 1.165) is 40.6 Å². The Labute approximate surface area is 129 Å². The first-order valence-electron chi connectivity index (χ1n) is 7.61. The van der Waals surface area contributed by atoms with Crippen LogP contribution in [0.25, 0.3) is 16.4 Å². The molecule has 2 aromatic heterocycles. The number of hydrogen-bond acceptors (Lipinski definition) is 2. The number of methoxy groups -OCH3 is 1. The van der Waals surface area contributed by atoms with Crippen molar-refractivity contribution in [3.8, 4) is 5.75 Å². The highest BCUT2D eigenvalue weighted by molar-refractivity contribution is 6.13. The topological polar surface area (TPSA) is 42.7 Å².